The summed E-state index contributed by atoms with van der Waals surface area (Å²) >= 11 is 5.22. The number of thiazole rings is 1. The highest BCUT2D eigenvalue weighted by molar-refractivity contribution is 9.10. The van der Waals surface area contributed by atoms with Crippen LogP contribution in [-0.4, -0.2) is 18.2 Å². The van der Waals surface area contributed by atoms with E-state index in [4.69, 9.17) is 9.47 Å². The summed E-state index contributed by atoms with van der Waals surface area (Å²) in [5.74, 6) is 1.62. The van der Waals surface area contributed by atoms with Gasteiger partial charge in [-0.1, -0.05) is 0 Å². The summed E-state index contributed by atoms with van der Waals surface area (Å²) in [7, 11) is 0. The van der Waals surface area contributed by atoms with Crippen LogP contribution in [0.25, 0.3) is 0 Å². The summed E-state index contributed by atoms with van der Waals surface area (Å²) in [5, 5.41) is 3.43. The van der Waals surface area contributed by atoms with Crippen molar-refractivity contribution in [2.24, 2.45) is 0 Å². The Morgan fingerprint density at radius 3 is 2.95 bits per heavy atom. The molecular formula is C14H15BrN2O2S. The van der Waals surface area contributed by atoms with Gasteiger partial charge < -0.3 is 14.8 Å². The summed E-state index contributed by atoms with van der Waals surface area (Å²) in [6.45, 7) is 4.87. The van der Waals surface area contributed by atoms with Gasteiger partial charge in [-0.05, 0) is 40.5 Å². The van der Waals surface area contributed by atoms with Crippen molar-refractivity contribution in [2.45, 2.75) is 20.0 Å². The normalized spacial score (nSPS) is 13.5. The first kappa shape index (κ1) is 13.9. The van der Waals surface area contributed by atoms with Crippen LogP contribution in [0.5, 0.6) is 11.5 Å². The van der Waals surface area contributed by atoms with Gasteiger partial charge in [-0.25, -0.2) is 4.98 Å². The second kappa shape index (κ2) is 6.11. The van der Waals surface area contributed by atoms with Crippen LogP contribution >= 0.6 is 27.3 Å². The molecule has 0 atom stereocenters. The van der Waals surface area contributed by atoms with Crippen molar-refractivity contribution in [2.75, 3.05) is 13.2 Å². The number of ether oxygens (including phenoxy) is 2. The zero-order valence-corrected chi connectivity index (χ0v) is 13.5. The molecular weight excluding hydrogens is 340 g/mol. The lowest BCUT2D eigenvalue weighted by Gasteiger charge is -2.20. The lowest BCUT2D eigenvalue weighted by Crippen LogP contribution is -2.17. The van der Waals surface area contributed by atoms with Gasteiger partial charge in [-0.2, -0.15) is 0 Å². The van der Waals surface area contributed by atoms with Crippen LogP contribution in [0.4, 0.5) is 0 Å². The van der Waals surface area contributed by atoms with E-state index in [0.29, 0.717) is 13.2 Å². The van der Waals surface area contributed by atoms with E-state index < -0.39 is 0 Å². The SMILES string of the molecule is Cc1ncsc1CNCc1cc(Br)c2c(c1)OCCO2. The molecule has 1 aromatic carbocycles. The number of hydrogen-bond acceptors (Lipinski definition) is 5. The van der Waals surface area contributed by atoms with E-state index in [9.17, 15) is 0 Å². The monoisotopic (exact) mass is 354 g/mol. The Balaban J connectivity index is 1.66. The van der Waals surface area contributed by atoms with E-state index in [0.717, 1.165) is 34.8 Å². The summed E-state index contributed by atoms with van der Waals surface area (Å²) in [6, 6.07) is 4.10. The van der Waals surface area contributed by atoms with Crippen LogP contribution < -0.4 is 14.8 Å². The number of halogens is 1. The molecule has 0 radical (unpaired) electrons. The lowest BCUT2D eigenvalue weighted by atomic mass is 10.2. The number of nitrogens with zero attached hydrogens (tertiary/aromatic N) is 1. The fourth-order valence-electron chi connectivity index (χ4n) is 2.08. The maximum Gasteiger partial charge on any atom is 0.175 e. The molecule has 0 bridgehead atoms. The second-order valence-corrected chi connectivity index (χ2v) is 6.36. The average molecular weight is 355 g/mol. The number of rotatable bonds is 4. The van der Waals surface area contributed by atoms with Crippen LogP contribution in [0.3, 0.4) is 0 Å². The van der Waals surface area contributed by atoms with Gasteiger partial charge >= 0.3 is 0 Å². The standard InChI is InChI=1S/C14H15BrN2O2S/c1-9-13(20-8-17-9)7-16-6-10-4-11(15)14-12(5-10)18-2-3-19-14/h4-5,8,16H,2-3,6-7H2,1H3. The van der Waals surface area contributed by atoms with Crippen LogP contribution in [0.2, 0.25) is 0 Å². The molecule has 1 aliphatic rings. The molecule has 3 rings (SSSR count). The molecule has 0 unspecified atom stereocenters. The minimum atomic E-state index is 0.605. The van der Waals surface area contributed by atoms with Crippen molar-refractivity contribution in [3.63, 3.8) is 0 Å². The molecule has 20 heavy (non-hydrogen) atoms. The number of fused-ring (bicyclic) bond motifs is 1. The van der Waals surface area contributed by atoms with Gasteiger partial charge in [0.15, 0.2) is 11.5 Å². The van der Waals surface area contributed by atoms with Crippen molar-refractivity contribution >= 4 is 27.3 Å². The predicted molar refractivity (Wildman–Crippen MR) is 82.5 cm³/mol. The van der Waals surface area contributed by atoms with Crippen molar-refractivity contribution in [1.29, 1.82) is 0 Å². The molecule has 0 saturated heterocycles. The van der Waals surface area contributed by atoms with Gasteiger partial charge in [0.05, 0.1) is 15.7 Å². The fourth-order valence-corrected chi connectivity index (χ4v) is 3.43. The van der Waals surface area contributed by atoms with E-state index >= 15 is 0 Å². The van der Waals surface area contributed by atoms with Crippen molar-refractivity contribution in [3.8, 4) is 11.5 Å². The third-order valence-electron chi connectivity index (χ3n) is 3.12. The Hall–Kier alpha value is -1.11. The first-order valence-corrected chi connectivity index (χ1v) is 8.09. The molecule has 0 fully saturated rings. The topological polar surface area (TPSA) is 43.4 Å². The molecule has 1 aliphatic heterocycles. The maximum absolute atomic E-state index is 5.63. The lowest BCUT2D eigenvalue weighted by molar-refractivity contribution is 0.170. The van der Waals surface area contributed by atoms with E-state index in [1.807, 2.05) is 18.5 Å². The molecule has 1 aromatic heterocycles. The highest BCUT2D eigenvalue weighted by Crippen LogP contribution is 2.38. The van der Waals surface area contributed by atoms with Crippen molar-refractivity contribution < 1.29 is 9.47 Å². The van der Waals surface area contributed by atoms with E-state index in [-0.39, 0.29) is 0 Å². The second-order valence-electron chi connectivity index (χ2n) is 4.57. The number of hydrogen-bond donors (Lipinski definition) is 1. The van der Waals surface area contributed by atoms with Gasteiger partial charge in [0, 0.05) is 18.0 Å². The molecule has 0 amide bonds. The summed E-state index contributed by atoms with van der Waals surface area (Å²) < 4.78 is 12.2. The summed E-state index contributed by atoms with van der Waals surface area (Å²) in [4.78, 5) is 5.53. The molecule has 6 heteroatoms. The highest BCUT2D eigenvalue weighted by Gasteiger charge is 2.16. The Kier molecular flexibility index (Phi) is 4.24. The zero-order valence-electron chi connectivity index (χ0n) is 11.1. The molecule has 4 nitrogen and oxygen atoms in total. The van der Waals surface area contributed by atoms with Crippen LogP contribution in [-0.2, 0) is 13.1 Å². The largest absolute Gasteiger partial charge is 0.486 e. The molecule has 2 heterocycles. The van der Waals surface area contributed by atoms with Gasteiger partial charge in [-0.3, -0.25) is 0 Å². The highest BCUT2D eigenvalue weighted by atomic mass is 79.9. The van der Waals surface area contributed by atoms with Gasteiger partial charge in [0.25, 0.3) is 0 Å². The Bertz CT molecular complexity index is 615. The average Bonchev–Trinajstić information content (AvgIpc) is 2.85. The quantitative estimate of drug-likeness (QED) is 0.914. The van der Waals surface area contributed by atoms with Crippen LogP contribution in [0, 0.1) is 6.92 Å². The molecule has 0 saturated carbocycles. The Labute approximate surface area is 130 Å². The first-order valence-electron chi connectivity index (χ1n) is 6.42. The van der Waals surface area contributed by atoms with Crippen molar-refractivity contribution in [1.82, 2.24) is 10.3 Å². The van der Waals surface area contributed by atoms with E-state index in [1.165, 1.54) is 10.4 Å². The molecule has 106 valence electrons. The minimum absolute atomic E-state index is 0.605. The van der Waals surface area contributed by atoms with Gasteiger partial charge in [-0.15, -0.1) is 11.3 Å². The van der Waals surface area contributed by atoms with Gasteiger partial charge in [0.1, 0.15) is 13.2 Å². The molecule has 0 spiro atoms. The van der Waals surface area contributed by atoms with Crippen LogP contribution in [0.15, 0.2) is 22.1 Å². The van der Waals surface area contributed by atoms with Crippen LogP contribution in [0.1, 0.15) is 16.1 Å². The minimum Gasteiger partial charge on any atom is -0.486 e. The van der Waals surface area contributed by atoms with E-state index in [2.05, 4.69) is 32.3 Å². The first-order chi connectivity index (χ1) is 9.74. The number of aryl methyl sites for hydroxylation is 1. The number of aromatic nitrogens is 1. The Morgan fingerprint density at radius 1 is 1.30 bits per heavy atom. The third-order valence-corrected chi connectivity index (χ3v) is 4.64. The third kappa shape index (κ3) is 2.97. The smallest absolute Gasteiger partial charge is 0.175 e. The molecule has 0 aliphatic carbocycles. The molecule has 2 aromatic rings. The maximum atomic E-state index is 5.63. The number of nitrogens with one attached hydrogen (secondary N) is 1. The van der Waals surface area contributed by atoms with Gasteiger partial charge in [0.2, 0.25) is 0 Å². The fraction of sp³-hybridized carbons (Fsp3) is 0.357. The molecule has 1 N–H and O–H groups in total. The van der Waals surface area contributed by atoms with E-state index in [1.54, 1.807) is 11.3 Å². The number of benzene rings is 1. The zero-order chi connectivity index (χ0) is 13.9. The summed E-state index contributed by atoms with van der Waals surface area (Å²) in [5.41, 5.74) is 4.15. The predicted octanol–water partition coefficient (Wildman–Crippen LogP) is 3.28. The Morgan fingerprint density at radius 2 is 2.15 bits per heavy atom. The summed E-state index contributed by atoms with van der Waals surface area (Å²) in [6.07, 6.45) is 0. The van der Waals surface area contributed by atoms with Crippen molar-refractivity contribution in [3.05, 3.63) is 38.3 Å².